The van der Waals surface area contributed by atoms with E-state index in [1.807, 2.05) is 0 Å². The quantitative estimate of drug-likeness (QED) is 0.187. The van der Waals surface area contributed by atoms with Gasteiger partial charge < -0.3 is 9.47 Å². The second-order valence-corrected chi connectivity index (χ2v) is 10.8. The van der Waals surface area contributed by atoms with Gasteiger partial charge in [0.15, 0.2) is 0 Å². The average molecular weight is 545 g/mol. The summed E-state index contributed by atoms with van der Waals surface area (Å²) in [6.07, 6.45) is 6.19. The number of benzene rings is 5. The summed E-state index contributed by atoms with van der Waals surface area (Å²) in [7, 11) is 2.13. The van der Waals surface area contributed by atoms with Crippen molar-refractivity contribution in [1.29, 1.82) is 0 Å². The fourth-order valence-corrected chi connectivity index (χ4v) is 5.79. The van der Waals surface area contributed by atoms with Crippen LogP contribution in [-0.2, 0) is 12.8 Å². The third kappa shape index (κ3) is 5.70. The van der Waals surface area contributed by atoms with Gasteiger partial charge in [0, 0.05) is 40.1 Å². The van der Waals surface area contributed by atoms with Crippen LogP contribution in [0, 0.1) is 0 Å². The van der Waals surface area contributed by atoms with Gasteiger partial charge in [-0.1, -0.05) is 109 Å². The number of fused-ring (bicyclic) bond motifs is 1. The van der Waals surface area contributed by atoms with Crippen LogP contribution in [0.1, 0.15) is 23.6 Å². The van der Waals surface area contributed by atoms with E-state index in [2.05, 4.69) is 176 Å². The first-order valence-electron chi connectivity index (χ1n) is 14.6. The number of hydrogen-bond donors (Lipinski definition) is 0. The van der Waals surface area contributed by atoms with Gasteiger partial charge in [-0.25, -0.2) is 0 Å². The zero-order valence-corrected chi connectivity index (χ0v) is 24.4. The Hall–Kier alpha value is -5.08. The van der Waals surface area contributed by atoms with Crippen LogP contribution < -0.4 is 15.5 Å². The molecule has 0 saturated heterocycles. The molecule has 42 heavy (non-hydrogen) atoms. The molecule has 2 nitrogen and oxygen atoms in total. The first kappa shape index (κ1) is 27.1. The third-order valence-electron chi connectivity index (χ3n) is 7.89. The Morgan fingerprint density at radius 3 is 2.10 bits per heavy atom. The van der Waals surface area contributed by atoms with Crippen LogP contribution in [0.25, 0.3) is 28.7 Å². The maximum absolute atomic E-state index is 4.47. The van der Waals surface area contributed by atoms with Gasteiger partial charge in [0.05, 0.1) is 5.52 Å². The highest BCUT2D eigenvalue weighted by atomic mass is 15.1. The Labute approximate surface area is 248 Å². The predicted octanol–water partition coefficient (Wildman–Crippen LogP) is 8.37. The van der Waals surface area contributed by atoms with E-state index >= 15 is 0 Å². The second kappa shape index (κ2) is 12.2. The smallest absolute Gasteiger partial charge is 0.0540 e. The molecule has 6 aromatic rings. The van der Waals surface area contributed by atoms with Gasteiger partial charge >= 0.3 is 0 Å². The Morgan fingerprint density at radius 1 is 0.690 bits per heavy atom. The van der Waals surface area contributed by atoms with Crippen LogP contribution in [0.15, 0.2) is 146 Å². The minimum atomic E-state index is 0.796. The number of aromatic nitrogens is 1. The van der Waals surface area contributed by atoms with E-state index in [0.29, 0.717) is 0 Å². The number of anilines is 2. The fourth-order valence-electron chi connectivity index (χ4n) is 5.79. The highest BCUT2D eigenvalue weighted by Gasteiger charge is 2.10. The van der Waals surface area contributed by atoms with E-state index in [0.717, 1.165) is 24.1 Å². The van der Waals surface area contributed by atoms with E-state index in [4.69, 9.17) is 0 Å². The average Bonchev–Trinajstić information content (AvgIpc) is 3.35. The molecule has 0 atom stereocenters. The Balaban J connectivity index is 1.23. The van der Waals surface area contributed by atoms with Crippen molar-refractivity contribution in [1.82, 2.24) is 4.57 Å². The zero-order chi connectivity index (χ0) is 28.9. The van der Waals surface area contributed by atoms with Crippen LogP contribution in [-0.4, -0.2) is 11.6 Å². The summed E-state index contributed by atoms with van der Waals surface area (Å²) in [6.45, 7) is 6.58. The molecule has 1 heterocycles. The molecule has 5 aromatic carbocycles. The van der Waals surface area contributed by atoms with Crippen molar-refractivity contribution in [2.45, 2.75) is 19.8 Å². The Morgan fingerprint density at radius 2 is 1.36 bits per heavy atom. The molecule has 0 aliphatic carbocycles. The Bertz CT molecular complexity index is 1950. The van der Waals surface area contributed by atoms with Crippen LogP contribution in [0.5, 0.6) is 0 Å². The van der Waals surface area contributed by atoms with Crippen molar-refractivity contribution in [2.75, 3.05) is 11.9 Å². The first-order chi connectivity index (χ1) is 20.6. The predicted molar refractivity (Wildman–Crippen MR) is 180 cm³/mol. The maximum Gasteiger partial charge on any atom is 0.0540 e. The topological polar surface area (TPSA) is 8.17 Å². The molecule has 206 valence electrons. The monoisotopic (exact) mass is 544 g/mol. The summed E-state index contributed by atoms with van der Waals surface area (Å²) >= 11 is 0. The number of hydrogen-bond acceptors (Lipinski definition) is 1. The number of nitrogens with zero attached hydrogens (tertiary/aromatic N) is 2. The molecule has 0 saturated carbocycles. The van der Waals surface area contributed by atoms with Gasteiger partial charge in [-0.15, -0.1) is 0 Å². The SMILES string of the molecule is C=C(/C=c1\c(=C/C)n(-c2ccccc2)c2ccccc12)Cc1ccc(N(C)c2cccc(Cc3ccccc3)c2)cc1. The van der Waals surface area contributed by atoms with E-state index in [-0.39, 0.29) is 0 Å². The lowest BCUT2D eigenvalue weighted by molar-refractivity contribution is 1.07. The van der Waals surface area contributed by atoms with Gasteiger partial charge in [0.1, 0.15) is 0 Å². The largest absolute Gasteiger partial charge is 0.345 e. The van der Waals surface area contributed by atoms with Gasteiger partial charge in [0.25, 0.3) is 0 Å². The molecule has 0 aliphatic rings. The molecular weight excluding hydrogens is 508 g/mol. The van der Waals surface area contributed by atoms with Crippen molar-refractivity contribution in [3.05, 3.63) is 173 Å². The lowest BCUT2D eigenvalue weighted by Gasteiger charge is -2.21. The van der Waals surface area contributed by atoms with Crippen LogP contribution >= 0.6 is 0 Å². The molecule has 0 N–H and O–H groups in total. The molecule has 1 aromatic heterocycles. The summed E-state index contributed by atoms with van der Waals surface area (Å²) < 4.78 is 2.34. The summed E-state index contributed by atoms with van der Waals surface area (Å²) in [5.41, 5.74) is 9.70. The molecule has 0 amide bonds. The minimum absolute atomic E-state index is 0.796. The highest BCUT2D eigenvalue weighted by Crippen LogP contribution is 2.26. The third-order valence-corrected chi connectivity index (χ3v) is 7.89. The molecule has 0 aliphatic heterocycles. The number of allylic oxidation sites excluding steroid dienone is 1. The van der Waals surface area contributed by atoms with Gasteiger partial charge in [0.2, 0.25) is 0 Å². The molecule has 0 radical (unpaired) electrons. The van der Waals surface area contributed by atoms with Crippen LogP contribution in [0.3, 0.4) is 0 Å². The maximum atomic E-state index is 4.47. The molecule has 0 spiro atoms. The second-order valence-electron chi connectivity index (χ2n) is 10.8. The lowest BCUT2D eigenvalue weighted by atomic mass is 10.0. The van der Waals surface area contributed by atoms with Crippen LogP contribution in [0.4, 0.5) is 11.4 Å². The normalized spacial score (nSPS) is 12.1. The highest BCUT2D eigenvalue weighted by molar-refractivity contribution is 5.84. The number of rotatable bonds is 8. The van der Waals surface area contributed by atoms with E-state index < -0.39 is 0 Å². The number of para-hydroxylation sites is 2. The molecular formula is C40H36N2. The molecule has 2 heteroatoms. The van der Waals surface area contributed by atoms with Crippen molar-refractivity contribution in [3.63, 3.8) is 0 Å². The van der Waals surface area contributed by atoms with Crippen molar-refractivity contribution >= 4 is 34.4 Å². The molecule has 6 rings (SSSR count). The van der Waals surface area contributed by atoms with Crippen molar-refractivity contribution < 1.29 is 0 Å². The van der Waals surface area contributed by atoms with Gasteiger partial charge in [-0.3, -0.25) is 0 Å². The van der Waals surface area contributed by atoms with Gasteiger partial charge in [-0.05, 0) is 85.0 Å². The lowest BCUT2D eigenvalue weighted by Crippen LogP contribution is -2.28. The van der Waals surface area contributed by atoms with E-state index in [1.54, 1.807) is 0 Å². The summed E-state index contributed by atoms with van der Waals surface area (Å²) in [6, 6.07) is 47.5. The van der Waals surface area contributed by atoms with E-state index in [1.165, 1.54) is 49.5 Å². The summed E-state index contributed by atoms with van der Waals surface area (Å²) in [5.74, 6) is 0. The first-order valence-corrected chi connectivity index (χ1v) is 14.6. The van der Waals surface area contributed by atoms with Crippen molar-refractivity contribution in [3.8, 4) is 5.69 Å². The standard InChI is InChI=1S/C40H36N2/c1-4-39-38(37-20-11-12-21-40(37)42(39)35-17-9-6-10-18-35)27-30(2)26-32-22-24-34(25-23-32)41(3)36-19-13-16-33(29-36)28-31-14-7-5-8-15-31/h4-25,27,29H,2,26,28H2,1,3H3/b38-27-,39-4+. The van der Waals surface area contributed by atoms with Crippen molar-refractivity contribution in [2.24, 2.45) is 0 Å². The summed E-state index contributed by atoms with van der Waals surface area (Å²) in [5, 5.41) is 3.64. The van der Waals surface area contributed by atoms with Crippen LogP contribution in [0.2, 0.25) is 0 Å². The summed E-state index contributed by atoms with van der Waals surface area (Å²) in [4.78, 5) is 2.25. The Kier molecular flexibility index (Phi) is 7.87. The molecule has 0 fully saturated rings. The molecule has 0 bridgehead atoms. The van der Waals surface area contributed by atoms with E-state index in [9.17, 15) is 0 Å². The minimum Gasteiger partial charge on any atom is -0.345 e. The molecule has 0 unspecified atom stereocenters. The zero-order valence-electron chi connectivity index (χ0n) is 24.4. The fraction of sp³-hybridized carbons (Fsp3) is 0.100. The van der Waals surface area contributed by atoms with Gasteiger partial charge in [-0.2, -0.15) is 0 Å².